The molecule has 1 atom stereocenters. The van der Waals surface area contributed by atoms with Crippen molar-refractivity contribution in [2.75, 3.05) is 18.0 Å². The molecule has 1 aliphatic rings. The van der Waals surface area contributed by atoms with Crippen LogP contribution in [0.25, 0.3) is 0 Å². The van der Waals surface area contributed by atoms with Gasteiger partial charge in [-0.2, -0.15) is 0 Å². The van der Waals surface area contributed by atoms with Crippen LogP contribution in [0.3, 0.4) is 0 Å². The highest BCUT2D eigenvalue weighted by molar-refractivity contribution is 9.09. The van der Waals surface area contributed by atoms with E-state index in [1.165, 1.54) is 12.8 Å². The molecule has 0 bridgehead atoms. The van der Waals surface area contributed by atoms with Gasteiger partial charge in [-0.15, -0.1) is 0 Å². The third kappa shape index (κ3) is 2.45. The number of piperidine rings is 1. The average molecular weight is 290 g/mol. The van der Waals surface area contributed by atoms with E-state index in [-0.39, 0.29) is 0 Å². The predicted octanol–water partition coefficient (Wildman–Crippen LogP) is 3.41. The second kappa shape index (κ2) is 4.71. The molecule has 0 radical (unpaired) electrons. The fraction of sp³-hybridized carbons (Fsp3) is 0.545. The van der Waals surface area contributed by atoms with E-state index in [0.717, 1.165) is 29.5 Å². The Morgan fingerprint density at radius 3 is 3.13 bits per heavy atom. The van der Waals surface area contributed by atoms with Gasteiger partial charge in [0.05, 0.1) is 16.4 Å². The van der Waals surface area contributed by atoms with Crippen LogP contribution in [0, 0.1) is 6.92 Å². The number of hydrogen-bond donors (Lipinski definition) is 0. The predicted molar refractivity (Wildman–Crippen MR) is 68.1 cm³/mol. The third-order valence-corrected chi connectivity index (χ3v) is 3.96. The van der Waals surface area contributed by atoms with Gasteiger partial charge in [0.2, 0.25) is 0 Å². The molecule has 82 valence electrons. The van der Waals surface area contributed by atoms with Crippen molar-refractivity contribution in [1.82, 2.24) is 4.98 Å². The van der Waals surface area contributed by atoms with Gasteiger partial charge >= 0.3 is 0 Å². The van der Waals surface area contributed by atoms with Gasteiger partial charge < -0.3 is 4.90 Å². The number of pyridine rings is 1. The minimum absolute atomic E-state index is 0.579. The first-order valence-corrected chi connectivity index (χ1v) is 6.48. The molecule has 1 aliphatic heterocycles. The normalized spacial score (nSPS) is 21.8. The van der Waals surface area contributed by atoms with Crippen LogP contribution in [0.1, 0.15) is 18.5 Å². The summed E-state index contributed by atoms with van der Waals surface area (Å²) in [6.07, 6.45) is 4.29. The number of hydrogen-bond acceptors (Lipinski definition) is 2. The molecule has 0 amide bonds. The van der Waals surface area contributed by atoms with Crippen molar-refractivity contribution in [3.8, 4) is 0 Å². The van der Waals surface area contributed by atoms with Crippen LogP contribution in [0.5, 0.6) is 0 Å². The van der Waals surface area contributed by atoms with Gasteiger partial charge in [0, 0.05) is 24.1 Å². The molecule has 1 fully saturated rings. The van der Waals surface area contributed by atoms with Crippen molar-refractivity contribution in [2.45, 2.75) is 24.6 Å². The van der Waals surface area contributed by atoms with E-state index in [1.54, 1.807) is 0 Å². The Hall–Kier alpha value is -0.280. The first-order valence-electron chi connectivity index (χ1n) is 5.18. The fourth-order valence-electron chi connectivity index (χ4n) is 1.92. The van der Waals surface area contributed by atoms with Crippen molar-refractivity contribution in [3.05, 3.63) is 23.0 Å². The van der Waals surface area contributed by atoms with Crippen LogP contribution in [0.2, 0.25) is 5.02 Å². The Morgan fingerprint density at radius 1 is 1.60 bits per heavy atom. The number of anilines is 1. The second-order valence-electron chi connectivity index (χ2n) is 3.91. The van der Waals surface area contributed by atoms with Crippen molar-refractivity contribution >= 4 is 33.2 Å². The van der Waals surface area contributed by atoms with E-state index in [9.17, 15) is 0 Å². The van der Waals surface area contributed by atoms with E-state index in [1.807, 2.05) is 19.2 Å². The highest BCUT2D eigenvalue weighted by Crippen LogP contribution is 2.30. The second-order valence-corrected chi connectivity index (χ2v) is 5.59. The SMILES string of the molecule is Cc1nccc(N2CCCC(Br)C2)c1Cl. The third-order valence-electron chi connectivity index (χ3n) is 2.75. The number of aromatic nitrogens is 1. The first kappa shape index (κ1) is 11.2. The molecule has 2 rings (SSSR count). The first-order chi connectivity index (χ1) is 7.18. The van der Waals surface area contributed by atoms with Crippen LogP contribution in [0.4, 0.5) is 5.69 Å². The zero-order valence-corrected chi connectivity index (χ0v) is 11.1. The topological polar surface area (TPSA) is 16.1 Å². The maximum Gasteiger partial charge on any atom is 0.0851 e. The van der Waals surface area contributed by atoms with Gasteiger partial charge in [-0.05, 0) is 25.8 Å². The summed E-state index contributed by atoms with van der Waals surface area (Å²) in [7, 11) is 0. The van der Waals surface area contributed by atoms with Gasteiger partial charge in [0.25, 0.3) is 0 Å². The molecule has 2 nitrogen and oxygen atoms in total. The lowest BCUT2D eigenvalue weighted by atomic mass is 10.1. The van der Waals surface area contributed by atoms with E-state index >= 15 is 0 Å². The number of rotatable bonds is 1. The van der Waals surface area contributed by atoms with Crippen molar-refractivity contribution in [2.24, 2.45) is 0 Å². The maximum absolute atomic E-state index is 6.25. The molecule has 15 heavy (non-hydrogen) atoms. The number of halogens is 2. The zero-order chi connectivity index (χ0) is 10.8. The Morgan fingerprint density at radius 2 is 2.40 bits per heavy atom. The fourth-order valence-corrected chi connectivity index (χ4v) is 2.83. The Balaban J connectivity index is 2.24. The lowest BCUT2D eigenvalue weighted by Gasteiger charge is -2.32. The van der Waals surface area contributed by atoms with E-state index in [4.69, 9.17) is 11.6 Å². The Kier molecular flexibility index (Phi) is 3.52. The van der Waals surface area contributed by atoms with Gasteiger partial charge in [0.15, 0.2) is 0 Å². The van der Waals surface area contributed by atoms with E-state index < -0.39 is 0 Å². The molecule has 0 saturated carbocycles. The summed E-state index contributed by atoms with van der Waals surface area (Å²) in [4.78, 5) is 7.10. The van der Waals surface area contributed by atoms with Crippen LogP contribution in [0.15, 0.2) is 12.3 Å². The zero-order valence-electron chi connectivity index (χ0n) is 8.71. The maximum atomic E-state index is 6.25. The quantitative estimate of drug-likeness (QED) is 0.737. The summed E-state index contributed by atoms with van der Waals surface area (Å²) < 4.78 is 0. The van der Waals surface area contributed by atoms with Crippen LogP contribution in [-0.2, 0) is 0 Å². The van der Waals surface area contributed by atoms with Gasteiger partial charge in [-0.25, -0.2) is 0 Å². The molecule has 1 aromatic heterocycles. The smallest absolute Gasteiger partial charge is 0.0851 e. The molecule has 0 aliphatic carbocycles. The Labute approximate surface area is 104 Å². The van der Waals surface area contributed by atoms with Crippen molar-refractivity contribution in [3.63, 3.8) is 0 Å². The summed E-state index contributed by atoms with van der Waals surface area (Å²) in [6, 6.07) is 2.00. The summed E-state index contributed by atoms with van der Waals surface area (Å²) in [6.45, 7) is 4.07. The van der Waals surface area contributed by atoms with E-state index in [0.29, 0.717) is 4.83 Å². The van der Waals surface area contributed by atoms with E-state index in [2.05, 4.69) is 25.8 Å². The van der Waals surface area contributed by atoms with Crippen molar-refractivity contribution in [1.29, 1.82) is 0 Å². The average Bonchev–Trinajstić information content (AvgIpc) is 2.22. The van der Waals surface area contributed by atoms with Crippen LogP contribution >= 0.6 is 27.5 Å². The minimum Gasteiger partial charge on any atom is -0.369 e. The number of alkyl halides is 1. The summed E-state index contributed by atoms with van der Waals surface area (Å²) in [5.74, 6) is 0. The highest BCUT2D eigenvalue weighted by atomic mass is 79.9. The lowest BCUT2D eigenvalue weighted by molar-refractivity contribution is 0.596. The van der Waals surface area contributed by atoms with Crippen LogP contribution in [-0.4, -0.2) is 22.9 Å². The summed E-state index contributed by atoms with van der Waals surface area (Å²) in [5.41, 5.74) is 2.03. The largest absolute Gasteiger partial charge is 0.369 e. The lowest BCUT2D eigenvalue weighted by Crippen LogP contribution is -2.35. The molecule has 0 aromatic carbocycles. The molecule has 2 heterocycles. The van der Waals surface area contributed by atoms with Crippen LogP contribution < -0.4 is 4.90 Å². The minimum atomic E-state index is 0.579. The van der Waals surface area contributed by atoms with Gasteiger partial charge in [-0.3, -0.25) is 4.98 Å². The molecular weight excluding hydrogens is 275 g/mol. The van der Waals surface area contributed by atoms with Crippen molar-refractivity contribution < 1.29 is 0 Å². The molecule has 1 saturated heterocycles. The standard InChI is InChI=1S/C11H14BrClN2/c1-8-11(13)10(4-5-14-8)15-6-2-3-9(12)7-15/h4-5,9H,2-3,6-7H2,1H3. The summed E-state index contributed by atoms with van der Waals surface area (Å²) in [5, 5.41) is 0.791. The van der Waals surface area contributed by atoms with Gasteiger partial charge in [-0.1, -0.05) is 27.5 Å². The molecule has 1 unspecified atom stereocenters. The highest BCUT2D eigenvalue weighted by Gasteiger charge is 2.20. The summed E-state index contributed by atoms with van der Waals surface area (Å²) >= 11 is 9.92. The van der Waals surface area contributed by atoms with Gasteiger partial charge in [0.1, 0.15) is 0 Å². The number of nitrogens with zero attached hydrogens (tertiary/aromatic N) is 2. The molecule has 1 aromatic rings. The number of aryl methyl sites for hydroxylation is 1. The molecule has 0 N–H and O–H groups in total. The monoisotopic (exact) mass is 288 g/mol. The molecule has 4 heteroatoms. The Bertz CT molecular complexity index is 356. The molecular formula is C11H14BrClN2. The molecule has 0 spiro atoms.